The smallest absolute Gasteiger partial charge is 0.416 e. The van der Waals surface area contributed by atoms with Gasteiger partial charge in [-0.25, -0.2) is 4.79 Å². The first-order chi connectivity index (χ1) is 12.3. The van der Waals surface area contributed by atoms with Crippen molar-refractivity contribution in [2.45, 2.75) is 50.0 Å². The van der Waals surface area contributed by atoms with Crippen LogP contribution in [0.25, 0.3) is 0 Å². The molecule has 2 atom stereocenters. The van der Waals surface area contributed by atoms with Gasteiger partial charge in [0, 0.05) is 13.1 Å². The molecule has 8 heteroatoms. The number of benzene rings is 1. The van der Waals surface area contributed by atoms with Crippen molar-refractivity contribution in [2.24, 2.45) is 0 Å². The van der Waals surface area contributed by atoms with E-state index in [0.29, 0.717) is 38.8 Å². The van der Waals surface area contributed by atoms with Crippen LogP contribution in [0.3, 0.4) is 0 Å². The number of aliphatic carboxylic acids is 1. The molecular weight excluding hydrogens is 351 g/mol. The van der Waals surface area contributed by atoms with Gasteiger partial charge in [0.1, 0.15) is 6.10 Å². The van der Waals surface area contributed by atoms with E-state index >= 15 is 0 Å². The average Bonchev–Trinajstić information content (AvgIpc) is 3.11. The van der Waals surface area contributed by atoms with Crippen LogP contribution >= 0.6 is 0 Å². The normalized spacial score (nSPS) is 24.7. The molecule has 5 nitrogen and oxygen atoms in total. The molecule has 1 aromatic carbocycles. The average molecular weight is 371 g/mol. The number of likely N-dealkylation sites (tertiary alicyclic amines) is 1. The number of carboxylic acid groups (broad SMARTS) is 1. The molecule has 0 bridgehead atoms. The minimum Gasteiger partial charge on any atom is -0.479 e. The molecule has 142 valence electrons. The number of amides is 1. The van der Waals surface area contributed by atoms with Crippen LogP contribution in [0.1, 0.15) is 42.7 Å². The summed E-state index contributed by atoms with van der Waals surface area (Å²) in [4.78, 5) is 25.0. The summed E-state index contributed by atoms with van der Waals surface area (Å²) in [6, 6.07) is 5.18. The number of halogens is 3. The molecule has 26 heavy (non-hydrogen) atoms. The van der Waals surface area contributed by atoms with Crippen molar-refractivity contribution in [1.82, 2.24) is 4.90 Å². The molecule has 0 aromatic heterocycles. The molecule has 2 heterocycles. The Balaban J connectivity index is 1.54. The number of carboxylic acids is 1. The molecule has 0 spiro atoms. The van der Waals surface area contributed by atoms with Crippen molar-refractivity contribution in [3.05, 3.63) is 35.4 Å². The molecule has 2 saturated heterocycles. The number of ether oxygens (including phenoxy) is 1. The lowest BCUT2D eigenvalue weighted by Crippen LogP contribution is -2.43. The zero-order valence-corrected chi connectivity index (χ0v) is 14.0. The Morgan fingerprint density at radius 3 is 2.08 bits per heavy atom. The monoisotopic (exact) mass is 371 g/mol. The lowest BCUT2D eigenvalue weighted by molar-refractivity contribution is -0.155. The maximum Gasteiger partial charge on any atom is 0.416 e. The maximum atomic E-state index is 12.6. The zero-order chi connectivity index (χ0) is 18.9. The summed E-state index contributed by atoms with van der Waals surface area (Å²) in [6.45, 7) is 0.976. The second-order valence-electron chi connectivity index (χ2n) is 6.75. The molecule has 2 fully saturated rings. The van der Waals surface area contributed by atoms with Crippen LogP contribution in [0.5, 0.6) is 0 Å². The van der Waals surface area contributed by atoms with E-state index in [-0.39, 0.29) is 11.8 Å². The van der Waals surface area contributed by atoms with Crippen LogP contribution in [0.15, 0.2) is 24.3 Å². The fourth-order valence-corrected chi connectivity index (χ4v) is 3.58. The molecule has 2 aliphatic rings. The van der Waals surface area contributed by atoms with Crippen molar-refractivity contribution in [3.8, 4) is 0 Å². The summed E-state index contributed by atoms with van der Waals surface area (Å²) in [7, 11) is 0. The van der Waals surface area contributed by atoms with Gasteiger partial charge in [-0.1, -0.05) is 12.1 Å². The Hall–Kier alpha value is -2.09. The fourth-order valence-electron chi connectivity index (χ4n) is 3.58. The molecule has 2 aliphatic heterocycles. The van der Waals surface area contributed by atoms with Crippen LogP contribution in [-0.4, -0.2) is 47.2 Å². The van der Waals surface area contributed by atoms with Gasteiger partial charge in [0.25, 0.3) is 5.91 Å². The number of carbonyl (C=O) groups is 2. The molecule has 0 radical (unpaired) electrons. The Morgan fingerprint density at radius 2 is 1.58 bits per heavy atom. The Morgan fingerprint density at radius 1 is 1.00 bits per heavy atom. The van der Waals surface area contributed by atoms with Gasteiger partial charge in [-0.3, -0.25) is 4.79 Å². The molecule has 0 aliphatic carbocycles. The van der Waals surface area contributed by atoms with Gasteiger partial charge < -0.3 is 14.7 Å². The van der Waals surface area contributed by atoms with Crippen LogP contribution in [0.2, 0.25) is 0 Å². The van der Waals surface area contributed by atoms with Gasteiger partial charge in [-0.15, -0.1) is 0 Å². The number of carbonyl (C=O) groups excluding carboxylic acids is 1. The molecule has 3 rings (SSSR count). The fraction of sp³-hybridized carbons (Fsp3) is 0.556. The van der Waals surface area contributed by atoms with Crippen molar-refractivity contribution in [1.29, 1.82) is 0 Å². The topological polar surface area (TPSA) is 66.8 Å². The quantitative estimate of drug-likeness (QED) is 0.887. The van der Waals surface area contributed by atoms with Crippen molar-refractivity contribution in [3.63, 3.8) is 0 Å². The first-order valence-corrected chi connectivity index (χ1v) is 8.60. The van der Waals surface area contributed by atoms with E-state index in [1.165, 1.54) is 12.1 Å². The second-order valence-corrected chi connectivity index (χ2v) is 6.75. The summed E-state index contributed by atoms with van der Waals surface area (Å²) in [5.74, 6) is -1.14. The lowest BCUT2D eigenvalue weighted by atomic mass is 9.88. The zero-order valence-electron chi connectivity index (χ0n) is 14.0. The van der Waals surface area contributed by atoms with Gasteiger partial charge in [0.15, 0.2) is 6.10 Å². The highest BCUT2D eigenvalue weighted by atomic mass is 19.4. The summed E-state index contributed by atoms with van der Waals surface area (Å²) < 4.78 is 43.2. The van der Waals surface area contributed by atoms with E-state index in [0.717, 1.165) is 17.7 Å². The Bertz CT molecular complexity index is 666. The highest BCUT2D eigenvalue weighted by Crippen LogP contribution is 2.33. The third-order valence-electron chi connectivity index (χ3n) is 5.09. The van der Waals surface area contributed by atoms with E-state index in [1.807, 2.05) is 0 Å². The van der Waals surface area contributed by atoms with Gasteiger partial charge in [0.05, 0.1) is 5.56 Å². The summed E-state index contributed by atoms with van der Waals surface area (Å²) in [5, 5.41) is 8.93. The largest absolute Gasteiger partial charge is 0.479 e. The minimum absolute atomic E-state index is 0.109. The van der Waals surface area contributed by atoms with Gasteiger partial charge >= 0.3 is 12.1 Å². The molecule has 0 saturated carbocycles. The molecular formula is C18H20F3NO4. The third-order valence-corrected chi connectivity index (χ3v) is 5.09. The highest BCUT2D eigenvalue weighted by molar-refractivity contribution is 5.82. The Labute approximate surface area is 148 Å². The standard InChI is InChI=1S/C18H20F3NO4/c19-18(20,21)13-3-1-11(2-4-13)12-7-9-22(10-8-12)16(23)14-5-6-15(26-14)17(24)25/h1-4,12,14-15H,5-10H2,(H,24,25)/t14-,15+/m0/s1. The van der Waals surface area contributed by atoms with Crippen LogP contribution in [-0.2, 0) is 20.5 Å². The van der Waals surface area contributed by atoms with E-state index in [4.69, 9.17) is 9.84 Å². The first-order valence-electron chi connectivity index (χ1n) is 8.60. The number of piperidine rings is 1. The number of rotatable bonds is 3. The number of hydrogen-bond donors (Lipinski definition) is 1. The summed E-state index contributed by atoms with van der Waals surface area (Å²) in [5.41, 5.74) is 0.174. The molecule has 1 N–H and O–H groups in total. The molecule has 1 amide bonds. The predicted octanol–water partition coefficient (Wildman–Crippen LogP) is 3.04. The van der Waals surface area contributed by atoms with E-state index in [2.05, 4.69) is 0 Å². The first kappa shape index (κ1) is 18.7. The Kier molecular flexibility index (Phi) is 5.22. The van der Waals surface area contributed by atoms with Crippen LogP contribution < -0.4 is 0 Å². The summed E-state index contributed by atoms with van der Waals surface area (Å²) in [6.07, 6.45) is -3.93. The van der Waals surface area contributed by atoms with Crippen molar-refractivity contribution in [2.75, 3.05) is 13.1 Å². The number of hydrogen-bond acceptors (Lipinski definition) is 3. The minimum atomic E-state index is -4.34. The van der Waals surface area contributed by atoms with Gasteiger partial charge in [-0.2, -0.15) is 13.2 Å². The van der Waals surface area contributed by atoms with Gasteiger partial charge in [0.2, 0.25) is 0 Å². The molecule has 0 unspecified atom stereocenters. The van der Waals surface area contributed by atoms with Crippen molar-refractivity contribution >= 4 is 11.9 Å². The second kappa shape index (κ2) is 7.26. The van der Waals surface area contributed by atoms with Crippen LogP contribution in [0.4, 0.5) is 13.2 Å². The SMILES string of the molecule is O=C(O)[C@H]1CC[C@@H](C(=O)N2CCC(c3ccc(C(F)(F)F)cc3)CC2)O1. The lowest BCUT2D eigenvalue weighted by Gasteiger charge is -2.33. The van der Waals surface area contributed by atoms with Crippen molar-refractivity contribution < 1.29 is 32.6 Å². The third kappa shape index (κ3) is 4.00. The highest BCUT2D eigenvalue weighted by Gasteiger charge is 2.38. The number of alkyl halides is 3. The summed E-state index contributed by atoms with van der Waals surface area (Å²) >= 11 is 0. The van der Waals surface area contributed by atoms with Gasteiger partial charge in [-0.05, 0) is 49.3 Å². The van der Waals surface area contributed by atoms with E-state index in [1.54, 1.807) is 4.90 Å². The van der Waals surface area contributed by atoms with E-state index in [9.17, 15) is 22.8 Å². The molecule has 1 aromatic rings. The van der Waals surface area contributed by atoms with Crippen LogP contribution in [0, 0.1) is 0 Å². The maximum absolute atomic E-state index is 12.6. The number of nitrogens with zero attached hydrogens (tertiary/aromatic N) is 1. The van der Waals surface area contributed by atoms with E-state index < -0.39 is 29.9 Å². The predicted molar refractivity (Wildman–Crippen MR) is 85.5 cm³/mol.